The van der Waals surface area contributed by atoms with Crippen molar-refractivity contribution in [3.63, 3.8) is 0 Å². The standard InChI is InChI=1S/C20H22ClNO3/c1-14(2)13-25-20(24)16-7-9-18(10-8-16)22-19(23)11-6-15-4-3-5-17(21)12-15/h3-5,7-10,12,14H,6,11,13H2,1-2H3,(H,22,23). The maximum absolute atomic E-state index is 12.0. The molecule has 4 nitrogen and oxygen atoms in total. The molecule has 0 saturated heterocycles. The van der Waals surface area contributed by atoms with Crippen LogP contribution >= 0.6 is 11.6 Å². The molecule has 2 rings (SSSR count). The topological polar surface area (TPSA) is 55.4 Å². The SMILES string of the molecule is CC(C)COC(=O)c1ccc(NC(=O)CCc2cccc(Cl)c2)cc1. The van der Waals surface area contributed by atoms with Crippen molar-refractivity contribution in [1.82, 2.24) is 0 Å². The maximum atomic E-state index is 12.0. The number of esters is 1. The van der Waals surface area contributed by atoms with Crippen LogP contribution in [0.2, 0.25) is 5.02 Å². The molecule has 0 heterocycles. The molecule has 2 aromatic carbocycles. The van der Waals surface area contributed by atoms with Gasteiger partial charge in [-0.3, -0.25) is 4.79 Å². The average Bonchev–Trinajstić information content (AvgIpc) is 2.58. The van der Waals surface area contributed by atoms with Crippen molar-refractivity contribution in [3.8, 4) is 0 Å². The molecule has 132 valence electrons. The Bertz CT molecular complexity index is 726. The zero-order chi connectivity index (χ0) is 18.2. The Morgan fingerprint density at radius 1 is 1.12 bits per heavy atom. The molecule has 0 saturated carbocycles. The first-order chi connectivity index (χ1) is 11.9. The van der Waals surface area contributed by atoms with Gasteiger partial charge in [-0.1, -0.05) is 37.6 Å². The van der Waals surface area contributed by atoms with Gasteiger partial charge >= 0.3 is 5.97 Å². The molecule has 0 unspecified atom stereocenters. The summed E-state index contributed by atoms with van der Waals surface area (Å²) < 4.78 is 5.17. The van der Waals surface area contributed by atoms with Crippen molar-refractivity contribution < 1.29 is 14.3 Å². The minimum Gasteiger partial charge on any atom is -0.462 e. The monoisotopic (exact) mass is 359 g/mol. The van der Waals surface area contributed by atoms with Gasteiger partial charge in [-0.2, -0.15) is 0 Å². The Morgan fingerprint density at radius 3 is 2.48 bits per heavy atom. The number of halogens is 1. The summed E-state index contributed by atoms with van der Waals surface area (Å²) in [6, 6.07) is 14.2. The van der Waals surface area contributed by atoms with Crippen LogP contribution in [0.1, 0.15) is 36.2 Å². The zero-order valence-corrected chi connectivity index (χ0v) is 15.2. The molecule has 0 radical (unpaired) electrons. The van der Waals surface area contributed by atoms with Gasteiger partial charge in [0.15, 0.2) is 0 Å². The number of carbonyl (C=O) groups is 2. The van der Waals surface area contributed by atoms with E-state index in [-0.39, 0.29) is 11.9 Å². The number of hydrogen-bond donors (Lipinski definition) is 1. The van der Waals surface area contributed by atoms with E-state index in [0.29, 0.717) is 41.6 Å². The lowest BCUT2D eigenvalue weighted by Gasteiger charge is -2.08. The van der Waals surface area contributed by atoms with E-state index in [9.17, 15) is 9.59 Å². The van der Waals surface area contributed by atoms with Crippen molar-refractivity contribution in [2.24, 2.45) is 5.92 Å². The summed E-state index contributed by atoms with van der Waals surface area (Å²) in [5.41, 5.74) is 2.14. The predicted octanol–water partition coefficient (Wildman–Crippen LogP) is 4.72. The molecule has 0 fully saturated rings. The van der Waals surface area contributed by atoms with Crippen LogP contribution in [0, 0.1) is 5.92 Å². The van der Waals surface area contributed by atoms with E-state index < -0.39 is 0 Å². The second-order valence-electron chi connectivity index (χ2n) is 6.25. The van der Waals surface area contributed by atoms with Crippen molar-refractivity contribution in [2.45, 2.75) is 26.7 Å². The van der Waals surface area contributed by atoms with Crippen molar-refractivity contribution in [1.29, 1.82) is 0 Å². The van der Waals surface area contributed by atoms with E-state index in [1.807, 2.05) is 32.0 Å². The molecule has 0 spiro atoms. The lowest BCUT2D eigenvalue weighted by atomic mass is 10.1. The van der Waals surface area contributed by atoms with Crippen LogP contribution in [-0.2, 0) is 16.0 Å². The minimum absolute atomic E-state index is 0.0879. The van der Waals surface area contributed by atoms with Crippen LogP contribution in [0.25, 0.3) is 0 Å². The van der Waals surface area contributed by atoms with Crippen LogP contribution in [0.4, 0.5) is 5.69 Å². The van der Waals surface area contributed by atoms with E-state index in [1.165, 1.54) is 0 Å². The molecular weight excluding hydrogens is 338 g/mol. The number of carbonyl (C=O) groups excluding carboxylic acids is 2. The fourth-order valence-corrected chi connectivity index (χ4v) is 2.40. The Hall–Kier alpha value is -2.33. The van der Waals surface area contributed by atoms with Crippen LogP contribution in [0.5, 0.6) is 0 Å². The third-order valence-electron chi connectivity index (χ3n) is 3.48. The highest BCUT2D eigenvalue weighted by atomic mass is 35.5. The first kappa shape index (κ1) is 19.0. The molecule has 2 aromatic rings. The minimum atomic E-state index is -0.354. The summed E-state index contributed by atoms with van der Waals surface area (Å²) in [7, 11) is 0. The summed E-state index contributed by atoms with van der Waals surface area (Å²) in [5, 5.41) is 3.48. The van der Waals surface area contributed by atoms with Crippen LogP contribution < -0.4 is 5.32 Å². The van der Waals surface area contributed by atoms with Gasteiger partial charge in [0, 0.05) is 17.1 Å². The number of ether oxygens (including phenoxy) is 1. The number of benzene rings is 2. The van der Waals surface area contributed by atoms with E-state index >= 15 is 0 Å². The molecule has 0 aliphatic rings. The molecule has 0 aliphatic carbocycles. The number of rotatable bonds is 7. The van der Waals surface area contributed by atoms with Crippen LogP contribution in [0.15, 0.2) is 48.5 Å². The van der Waals surface area contributed by atoms with Crippen molar-refractivity contribution in [2.75, 3.05) is 11.9 Å². The second-order valence-corrected chi connectivity index (χ2v) is 6.68. The van der Waals surface area contributed by atoms with Crippen LogP contribution in [-0.4, -0.2) is 18.5 Å². The highest BCUT2D eigenvalue weighted by Gasteiger charge is 2.09. The molecule has 0 aliphatic heterocycles. The summed E-state index contributed by atoms with van der Waals surface area (Å²) in [6.45, 7) is 4.35. The van der Waals surface area contributed by atoms with E-state index in [4.69, 9.17) is 16.3 Å². The fourth-order valence-electron chi connectivity index (χ4n) is 2.19. The molecule has 25 heavy (non-hydrogen) atoms. The van der Waals surface area contributed by atoms with Gasteiger partial charge in [0.25, 0.3) is 0 Å². The number of hydrogen-bond acceptors (Lipinski definition) is 3. The largest absolute Gasteiger partial charge is 0.462 e. The Labute approximate surface area is 153 Å². The molecule has 5 heteroatoms. The number of aryl methyl sites for hydroxylation is 1. The number of anilines is 1. The summed E-state index contributed by atoms with van der Waals surface area (Å²) in [4.78, 5) is 23.9. The average molecular weight is 360 g/mol. The molecule has 0 bridgehead atoms. The normalized spacial score (nSPS) is 10.6. The third-order valence-corrected chi connectivity index (χ3v) is 3.72. The van der Waals surface area contributed by atoms with Gasteiger partial charge in [0.2, 0.25) is 5.91 Å². The zero-order valence-electron chi connectivity index (χ0n) is 14.4. The van der Waals surface area contributed by atoms with Gasteiger partial charge < -0.3 is 10.1 Å². The van der Waals surface area contributed by atoms with Gasteiger partial charge in [0.1, 0.15) is 0 Å². The molecule has 1 N–H and O–H groups in total. The first-order valence-electron chi connectivity index (χ1n) is 8.25. The smallest absolute Gasteiger partial charge is 0.338 e. The number of nitrogens with one attached hydrogen (secondary N) is 1. The molecule has 0 atom stereocenters. The summed E-state index contributed by atoms with van der Waals surface area (Å²) in [5.74, 6) is -0.148. The molecular formula is C20H22ClNO3. The van der Waals surface area contributed by atoms with E-state index in [1.54, 1.807) is 30.3 Å². The highest BCUT2D eigenvalue weighted by Crippen LogP contribution is 2.14. The van der Waals surface area contributed by atoms with Crippen molar-refractivity contribution >= 4 is 29.2 Å². The van der Waals surface area contributed by atoms with Gasteiger partial charge in [-0.25, -0.2) is 4.79 Å². The maximum Gasteiger partial charge on any atom is 0.338 e. The van der Waals surface area contributed by atoms with Gasteiger partial charge in [-0.15, -0.1) is 0 Å². The molecule has 1 amide bonds. The Balaban J connectivity index is 1.83. The fraction of sp³-hybridized carbons (Fsp3) is 0.300. The lowest BCUT2D eigenvalue weighted by Crippen LogP contribution is -2.13. The molecule has 0 aromatic heterocycles. The highest BCUT2D eigenvalue weighted by molar-refractivity contribution is 6.30. The second kappa shape index (κ2) is 9.23. The van der Waals surface area contributed by atoms with Gasteiger partial charge in [-0.05, 0) is 54.3 Å². The number of amides is 1. The Kier molecular flexibility index (Phi) is 7.02. The third kappa shape index (κ3) is 6.59. The lowest BCUT2D eigenvalue weighted by molar-refractivity contribution is -0.116. The summed E-state index contributed by atoms with van der Waals surface area (Å²) >= 11 is 5.93. The first-order valence-corrected chi connectivity index (χ1v) is 8.63. The predicted molar refractivity (Wildman–Crippen MR) is 100.0 cm³/mol. The van der Waals surface area contributed by atoms with Gasteiger partial charge in [0.05, 0.1) is 12.2 Å². The van der Waals surface area contributed by atoms with Crippen LogP contribution in [0.3, 0.4) is 0 Å². The Morgan fingerprint density at radius 2 is 1.84 bits per heavy atom. The summed E-state index contributed by atoms with van der Waals surface area (Å²) in [6.07, 6.45) is 0.977. The van der Waals surface area contributed by atoms with E-state index in [0.717, 1.165) is 5.56 Å². The van der Waals surface area contributed by atoms with E-state index in [2.05, 4.69) is 5.32 Å². The quantitative estimate of drug-likeness (QED) is 0.727. The van der Waals surface area contributed by atoms with Crippen molar-refractivity contribution in [3.05, 3.63) is 64.7 Å².